The summed E-state index contributed by atoms with van der Waals surface area (Å²) in [6.45, 7) is 0.256. The summed E-state index contributed by atoms with van der Waals surface area (Å²) in [5.41, 5.74) is -0.941. The quantitative estimate of drug-likeness (QED) is 0.758. The standard InChI is InChI=1S/C9H9F3IN3O2/c10-9(11,12)5-6(13)15-7(14-5)4-2-1-3-16(4)8(17)18/h4H,1-3H2,(H,14,15)(H,17,18)/p-1. The number of likely N-dealkylation sites (tertiary alicyclic amines) is 1. The summed E-state index contributed by atoms with van der Waals surface area (Å²) < 4.78 is 37.6. The average Bonchev–Trinajstić information content (AvgIpc) is 2.80. The van der Waals surface area contributed by atoms with Gasteiger partial charge in [0.05, 0.1) is 6.04 Å². The van der Waals surface area contributed by atoms with E-state index in [1.807, 2.05) is 0 Å². The summed E-state index contributed by atoms with van der Waals surface area (Å²) in [5.74, 6) is 0.0217. The monoisotopic (exact) mass is 374 g/mol. The third-order valence-corrected chi connectivity index (χ3v) is 3.54. The number of imidazole rings is 1. The number of aromatic amines is 1. The molecule has 0 aliphatic carbocycles. The third kappa shape index (κ3) is 2.40. The molecule has 18 heavy (non-hydrogen) atoms. The van der Waals surface area contributed by atoms with Crippen LogP contribution in [0.2, 0.25) is 0 Å². The van der Waals surface area contributed by atoms with E-state index in [2.05, 4.69) is 9.97 Å². The van der Waals surface area contributed by atoms with Crippen LogP contribution in [0.4, 0.5) is 18.0 Å². The number of hydrogen-bond acceptors (Lipinski definition) is 3. The molecule has 1 N–H and O–H groups in total. The largest absolute Gasteiger partial charge is 0.530 e. The summed E-state index contributed by atoms with van der Waals surface area (Å²) in [4.78, 5) is 17.8. The molecule has 1 fully saturated rings. The maximum atomic E-state index is 12.6. The normalized spacial score (nSPS) is 20.4. The first-order chi connectivity index (χ1) is 8.30. The summed E-state index contributed by atoms with van der Waals surface area (Å²) in [6, 6.07) is -0.681. The first kappa shape index (κ1) is 13.4. The molecule has 1 atom stereocenters. The number of H-pyrrole nitrogens is 1. The van der Waals surface area contributed by atoms with Gasteiger partial charge in [-0.1, -0.05) is 0 Å². The minimum atomic E-state index is -4.52. The second kappa shape index (κ2) is 4.59. The van der Waals surface area contributed by atoms with E-state index in [1.54, 1.807) is 0 Å². The Balaban J connectivity index is 2.32. The van der Waals surface area contributed by atoms with E-state index in [4.69, 9.17) is 0 Å². The van der Waals surface area contributed by atoms with Crippen LogP contribution in [-0.4, -0.2) is 27.5 Å². The molecule has 1 aromatic heterocycles. The number of rotatable bonds is 1. The lowest BCUT2D eigenvalue weighted by Crippen LogP contribution is -2.40. The van der Waals surface area contributed by atoms with Crippen LogP contribution in [0.15, 0.2) is 0 Å². The Morgan fingerprint density at radius 3 is 2.72 bits per heavy atom. The minimum absolute atomic E-state index is 0.0217. The molecule has 0 saturated carbocycles. The Morgan fingerprint density at radius 2 is 2.22 bits per heavy atom. The summed E-state index contributed by atoms with van der Waals surface area (Å²) >= 11 is 1.47. The predicted molar refractivity (Wildman–Crippen MR) is 60.4 cm³/mol. The van der Waals surface area contributed by atoms with Crippen LogP contribution < -0.4 is 5.11 Å². The SMILES string of the molecule is O=C([O-])N1CCCC1c1nc(I)c(C(F)(F)F)[nH]1. The second-order valence-corrected chi connectivity index (χ2v) is 4.92. The number of nitrogens with zero attached hydrogens (tertiary/aromatic N) is 2. The number of halogens is 4. The van der Waals surface area contributed by atoms with Crippen molar-refractivity contribution in [1.29, 1.82) is 0 Å². The summed E-state index contributed by atoms with van der Waals surface area (Å²) in [6.07, 6.45) is -4.89. The zero-order chi connectivity index (χ0) is 13.5. The van der Waals surface area contributed by atoms with Crippen molar-refractivity contribution in [3.8, 4) is 0 Å². The van der Waals surface area contributed by atoms with Gasteiger partial charge < -0.3 is 19.8 Å². The lowest BCUT2D eigenvalue weighted by atomic mass is 10.2. The first-order valence-corrected chi connectivity index (χ1v) is 6.19. The van der Waals surface area contributed by atoms with Crippen molar-refractivity contribution in [2.24, 2.45) is 0 Å². The Bertz CT molecular complexity index is 474. The van der Waals surface area contributed by atoms with Crippen molar-refractivity contribution in [3.63, 3.8) is 0 Å². The van der Waals surface area contributed by atoms with Gasteiger partial charge in [0.1, 0.15) is 15.6 Å². The van der Waals surface area contributed by atoms with Gasteiger partial charge in [-0.15, -0.1) is 0 Å². The van der Waals surface area contributed by atoms with Gasteiger partial charge in [-0.05, 0) is 35.4 Å². The second-order valence-electron chi connectivity index (χ2n) is 3.90. The van der Waals surface area contributed by atoms with Crippen LogP contribution >= 0.6 is 22.6 Å². The number of carboxylic acid groups (broad SMARTS) is 1. The van der Waals surface area contributed by atoms with E-state index in [9.17, 15) is 23.1 Å². The molecule has 9 heteroatoms. The Kier molecular flexibility index (Phi) is 3.43. The van der Waals surface area contributed by atoms with E-state index in [0.29, 0.717) is 12.8 Å². The van der Waals surface area contributed by atoms with Crippen molar-refractivity contribution in [3.05, 3.63) is 15.2 Å². The zero-order valence-electron chi connectivity index (χ0n) is 8.92. The minimum Gasteiger partial charge on any atom is -0.530 e. The topological polar surface area (TPSA) is 72.0 Å². The van der Waals surface area contributed by atoms with Gasteiger partial charge in [0, 0.05) is 6.54 Å². The van der Waals surface area contributed by atoms with Gasteiger partial charge in [0.2, 0.25) is 0 Å². The molecule has 1 aromatic rings. The number of alkyl halides is 3. The molecule has 0 aromatic carbocycles. The van der Waals surface area contributed by atoms with Crippen LogP contribution in [-0.2, 0) is 6.18 Å². The van der Waals surface area contributed by atoms with Gasteiger partial charge >= 0.3 is 6.18 Å². The lowest BCUT2D eigenvalue weighted by Gasteiger charge is -2.25. The van der Waals surface area contributed by atoms with Crippen molar-refractivity contribution < 1.29 is 23.1 Å². The number of amides is 1. The van der Waals surface area contributed by atoms with Crippen LogP contribution in [0, 0.1) is 3.70 Å². The van der Waals surface area contributed by atoms with E-state index < -0.39 is 24.0 Å². The molecule has 1 aliphatic heterocycles. The van der Waals surface area contributed by atoms with E-state index >= 15 is 0 Å². The molecule has 100 valence electrons. The van der Waals surface area contributed by atoms with Gasteiger partial charge in [0.15, 0.2) is 5.69 Å². The van der Waals surface area contributed by atoms with Gasteiger partial charge in [-0.25, -0.2) is 4.98 Å². The number of aromatic nitrogens is 2. The molecule has 1 aliphatic rings. The molecule has 1 amide bonds. The van der Waals surface area contributed by atoms with E-state index in [1.165, 1.54) is 22.6 Å². The number of nitrogens with one attached hydrogen (secondary N) is 1. The highest BCUT2D eigenvalue weighted by Gasteiger charge is 2.38. The van der Waals surface area contributed by atoms with Gasteiger partial charge in [-0.2, -0.15) is 13.2 Å². The maximum absolute atomic E-state index is 12.6. The molecule has 1 unspecified atom stereocenters. The molecule has 2 rings (SSSR count). The Labute approximate surface area is 114 Å². The molecule has 0 radical (unpaired) electrons. The van der Waals surface area contributed by atoms with E-state index in [0.717, 1.165) is 4.90 Å². The zero-order valence-corrected chi connectivity index (χ0v) is 11.1. The van der Waals surface area contributed by atoms with E-state index in [-0.39, 0.29) is 16.1 Å². The molecular formula is C9H8F3IN3O2-. The summed E-state index contributed by atoms with van der Waals surface area (Å²) in [7, 11) is 0. The van der Waals surface area contributed by atoms with Crippen molar-refractivity contribution >= 4 is 28.7 Å². The fourth-order valence-corrected chi connectivity index (χ4v) is 2.68. The number of carbonyl (C=O) groups excluding carboxylic acids is 1. The number of carbonyl (C=O) groups is 1. The van der Waals surface area contributed by atoms with Crippen LogP contribution in [0.25, 0.3) is 0 Å². The first-order valence-electron chi connectivity index (χ1n) is 5.11. The van der Waals surface area contributed by atoms with Crippen molar-refractivity contribution in [2.75, 3.05) is 6.54 Å². The highest BCUT2D eigenvalue weighted by molar-refractivity contribution is 14.1. The Morgan fingerprint density at radius 1 is 1.56 bits per heavy atom. The van der Waals surface area contributed by atoms with Crippen molar-refractivity contribution in [2.45, 2.75) is 25.1 Å². The smallest absolute Gasteiger partial charge is 0.433 e. The maximum Gasteiger partial charge on any atom is 0.433 e. The molecule has 2 heterocycles. The van der Waals surface area contributed by atoms with Crippen LogP contribution in [0.5, 0.6) is 0 Å². The van der Waals surface area contributed by atoms with Crippen molar-refractivity contribution in [1.82, 2.24) is 14.9 Å². The Hall–Kier alpha value is -1.00. The highest BCUT2D eigenvalue weighted by Crippen LogP contribution is 2.35. The highest BCUT2D eigenvalue weighted by atomic mass is 127. The van der Waals surface area contributed by atoms with Crippen LogP contribution in [0.1, 0.15) is 30.4 Å². The lowest BCUT2D eigenvalue weighted by molar-refractivity contribution is -0.266. The molecule has 1 saturated heterocycles. The van der Waals surface area contributed by atoms with Gasteiger partial charge in [-0.3, -0.25) is 0 Å². The molecule has 0 bridgehead atoms. The summed E-state index contributed by atoms with van der Waals surface area (Å²) in [5, 5.41) is 10.8. The third-order valence-electron chi connectivity index (χ3n) is 2.76. The molecule has 0 spiro atoms. The fraction of sp³-hybridized carbons (Fsp3) is 0.556. The molecule has 5 nitrogen and oxygen atoms in total. The van der Waals surface area contributed by atoms with Gasteiger partial charge in [0.25, 0.3) is 0 Å². The predicted octanol–water partition coefficient (Wildman–Crippen LogP) is 1.51. The number of hydrogen-bond donors (Lipinski definition) is 1. The average molecular weight is 374 g/mol. The van der Waals surface area contributed by atoms with Crippen LogP contribution in [0.3, 0.4) is 0 Å². The fourth-order valence-electron chi connectivity index (χ4n) is 1.98. The molecular weight excluding hydrogens is 366 g/mol.